The molecule has 0 N–H and O–H groups in total. The molecule has 1 aliphatic heterocycles. The van der Waals surface area contributed by atoms with E-state index in [4.69, 9.17) is 0 Å². The Kier molecular flexibility index (Phi) is 4.31. The number of nitro groups is 1. The molecule has 0 radical (unpaired) electrons. The maximum absolute atomic E-state index is 13.0. The zero-order chi connectivity index (χ0) is 19.1. The Bertz CT molecular complexity index is 883. The number of anilines is 3. The quantitative estimate of drug-likeness (QED) is 0.593. The molecule has 1 heterocycles. The van der Waals surface area contributed by atoms with Crippen LogP contribution in [0.1, 0.15) is 12.0 Å². The van der Waals surface area contributed by atoms with E-state index in [9.17, 15) is 28.1 Å². The number of hydrogen-bond acceptors (Lipinski definition) is 4. The summed E-state index contributed by atoms with van der Waals surface area (Å²) < 4.78 is 39.1. The summed E-state index contributed by atoms with van der Waals surface area (Å²) in [6.45, 7) is 0.110. The van der Waals surface area contributed by atoms with Crippen LogP contribution in [0.3, 0.4) is 0 Å². The first-order chi connectivity index (χ1) is 12.2. The number of nitrogens with zero attached hydrogens (tertiary/aromatic N) is 3. The standard InChI is InChI=1S/C17H14F3N3O3/c1-21-14-6-5-13(23(25)26)10-15(14)22(8-7-16(21)24)12-4-2-3-11(9-12)17(18,19)20/h2-6,9-10H,7-8H2,1H3. The lowest BCUT2D eigenvalue weighted by atomic mass is 10.1. The third kappa shape index (κ3) is 3.19. The molecule has 1 aliphatic rings. The van der Waals surface area contributed by atoms with Gasteiger partial charge in [0.05, 0.1) is 21.9 Å². The van der Waals surface area contributed by atoms with E-state index < -0.39 is 16.7 Å². The van der Waals surface area contributed by atoms with Crippen molar-refractivity contribution in [2.24, 2.45) is 0 Å². The molecule has 0 bridgehead atoms. The number of hydrogen-bond donors (Lipinski definition) is 0. The number of carbonyl (C=O) groups is 1. The third-order valence-corrected chi connectivity index (χ3v) is 4.23. The zero-order valence-corrected chi connectivity index (χ0v) is 13.7. The molecule has 0 atom stereocenters. The minimum absolute atomic E-state index is 0.0647. The highest BCUT2D eigenvalue weighted by Gasteiger charge is 2.32. The number of nitro benzene ring substituents is 1. The second kappa shape index (κ2) is 6.32. The van der Waals surface area contributed by atoms with Gasteiger partial charge in [-0.25, -0.2) is 0 Å². The van der Waals surface area contributed by atoms with E-state index in [2.05, 4.69) is 0 Å². The molecule has 0 unspecified atom stereocenters. The fourth-order valence-electron chi connectivity index (χ4n) is 2.87. The van der Waals surface area contributed by atoms with Crippen molar-refractivity contribution in [3.63, 3.8) is 0 Å². The van der Waals surface area contributed by atoms with Crippen LogP contribution >= 0.6 is 0 Å². The van der Waals surface area contributed by atoms with Gasteiger partial charge in [-0.05, 0) is 24.3 Å². The average molecular weight is 365 g/mol. The number of benzene rings is 2. The third-order valence-electron chi connectivity index (χ3n) is 4.23. The minimum Gasteiger partial charge on any atom is -0.339 e. The summed E-state index contributed by atoms with van der Waals surface area (Å²) in [5, 5.41) is 11.1. The molecule has 0 saturated heterocycles. The predicted molar refractivity (Wildman–Crippen MR) is 89.6 cm³/mol. The van der Waals surface area contributed by atoms with E-state index >= 15 is 0 Å². The van der Waals surface area contributed by atoms with Crippen molar-refractivity contribution in [3.8, 4) is 0 Å². The molecule has 9 heteroatoms. The summed E-state index contributed by atoms with van der Waals surface area (Å²) in [5.74, 6) is -0.227. The van der Waals surface area contributed by atoms with E-state index in [1.807, 2.05) is 0 Å². The zero-order valence-electron chi connectivity index (χ0n) is 13.7. The molecule has 136 valence electrons. The van der Waals surface area contributed by atoms with Crippen LogP contribution in [0.4, 0.5) is 35.9 Å². The monoisotopic (exact) mass is 365 g/mol. The molecule has 2 aromatic carbocycles. The first-order valence-corrected chi connectivity index (χ1v) is 7.68. The number of non-ortho nitro benzene ring substituents is 1. The summed E-state index contributed by atoms with van der Waals surface area (Å²) in [5.41, 5.74) is -0.110. The SMILES string of the molecule is CN1C(=O)CCN(c2cccc(C(F)(F)F)c2)c2cc([N+](=O)[O-])ccc21. The maximum atomic E-state index is 13.0. The van der Waals surface area contributed by atoms with Crippen molar-refractivity contribution >= 4 is 28.7 Å². The normalized spacial score (nSPS) is 14.8. The molecular weight excluding hydrogens is 351 g/mol. The van der Waals surface area contributed by atoms with Gasteiger partial charge in [0, 0.05) is 37.8 Å². The van der Waals surface area contributed by atoms with Gasteiger partial charge in [0.2, 0.25) is 5.91 Å². The highest BCUT2D eigenvalue weighted by atomic mass is 19.4. The minimum atomic E-state index is -4.51. The Hall–Kier alpha value is -3.10. The summed E-state index contributed by atoms with van der Waals surface area (Å²) in [6, 6.07) is 8.63. The van der Waals surface area contributed by atoms with Crippen molar-refractivity contribution in [2.45, 2.75) is 12.6 Å². The van der Waals surface area contributed by atoms with Crippen LogP contribution in [0.25, 0.3) is 0 Å². The largest absolute Gasteiger partial charge is 0.416 e. The highest BCUT2D eigenvalue weighted by Crippen LogP contribution is 2.40. The Morgan fingerprint density at radius 2 is 1.85 bits per heavy atom. The van der Waals surface area contributed by atoms with Crippen molar-refractivity contribution in [1.82, 2.24) is 0 Å². The van der Waals surface area contributed by atoms with Gasteiger partial charge in [0.25, 0.3) is 5.69 Å². The van der Waals surface area contributed by atoms with Gasteiger partial charge in [-0.2, -0.15) is 13.2 Å². The molecule has 0 spiro atoms. The highest BCUT2D eigenvalue weighted by molar-refractivity contribution is 5.99. The van der Waals surface area contributed by atoms with Crippen LogP contribution in [0.5, 0.6) is 0 Å². The lowest BCUT2D eigenvalue weighted by molar-refractivity contribution is -0.384. The van der Waals surface area contributed by atoms with Gasteiger partial charge in [-0.1, -0.05) is 6.07 Å². The van der Waals surface area contributed by atoms with Crippen molar-refractivity contribution in [2.75, 3.05) is 23.4 Å². The van der Waals surface area contributed by atoms with Crippen LogP contribution < -0.4 is 9.80 Å². The number of rotatable bonds is 2. The fourth-order valence-corrected chi connectivity index (χ4v) is 2.87. The van der Waals surface area contributed by atoms with Crippen LogP contribution in [0.2, 0.25) is 0 Å². The predicted octanol–water partition coefficient (Wildman–Crippen LogP) is 4.12. The van der Waals surface area contributed by atoms with Gasteiger partial charge < -0.3 is 9.80 Å². The topological polar surface area (TPSA) is 66.7 Å². The second-order valence-electron chi connectivity index (χ2n) is 5.83. The molecule has 0 saturated carbocycles. The first-order valence-electron chi connectivity index (χ1n) is 7.68. The lowest BCUT2D eigenvalue weighted by Crippen LogP contribution is -2.25. The Morgan fingerprint density at radius 1 is 1.12 bits per heavy atom. The summed E-state index contributed by atoms with van der Waals surface area (Å²) in [4.78, 5) is 25.6. The fraction of sp³-hybridized carbons (Fsp3) is 0.235. The van der Waals surface area contributed by atoms with Crippen molar-refractivity contribution in [3.05, 3.63) is 58.1 Å². The summed E-state index contributed by atoms with van der Waals surface area (Å²) in [7, 11) is 1.53. The van der Waals surface area contributed by atoms with E-state index in [0.717, 1.165) is 12.1 Å². The van der Waals surface area contributed by atoms with Crippen LogP contribution in [-0.2, 0) is 11.0 Å². The smallest absolute Gasteiger partial charge is 0.339 e. The molecule has 0 aliphatic carbocycles. The van der Waals surface area contributed by atoms with Crippen LogP contribution in [0, 0.1) is 10.1 Å². The molecule has 6 nitrogen and oxygen atoms in total. The molecule has 0 fully saturated rings. The molecule has 0 aromatic heterocycles. The summed E-state index contributed by atoms with van der Waals surface area (Å²) in [6.07, 6.45) is -4.45. The lowest BCUT2D eigenvalue weighted by Gasteiger charge is -2.26. The molecule has 3 rings (SSSR count). The van der Waals surface area contributed by atoms with Gasteiger partial charge in [-0.15, -0.1) is 0 Å². The molecular formula is C17H14F3N3O3. The van der Waals surface area contributed by atoms with E-state index in [1.165, 1.54) is 47.2 Å². The Balaban J connectivity index is 2.17. The average Bonchev–Trinajstić information content (AvgIpc) is 2.71. The van der Waals surface area contributed by atoms with Crippen LogP contribution in [-0.4, -0.2) is 24.4 Å². The molecule has 1 amide bonds. The molecule has 2 aromatic rings. The summed E-state index contributed by atoms with van der Waals surface area (Å²) >= 11 is 0. The number of amides is 1. The second-order valence-corrected chi connectivity index (χ2v) is 5.83. The first kappa shape index (κ1) is 17.7. The molecule has 26 heavy (non-hydrogen) atoms. The van der Waals surface area contributed by atoms with Crippen LogP contribution in [0.15, 0.2) is 42.5 Å². The van der Waals surface area contributed by atoms with Gasteiger partial charge >= 0.3 is 6.18 Å². The van der Waals surface area contributed by atoms with Crippen molar-refractivity contribution in [1.29, 1.82) is 0 Å². The Labute approximate surface area is 146 Å². The van der Waals surface area contributed by atoms with Crippen molar-refractivity contribution < 1.29 is 22.9 Å². The van der Waals surface area contributed by atoms with E-state index in [-0.39, 0.29) is 30.2 Å². The van der Waals surface area contributed by atoms with Gasteiger partial charge in [0.1, 0.15) is 0 Å². The number of carbonyl (C=O) groups excluding carboxylic acids is 1. The van der Waals surface area contributed by atoms with Gasteiger partial charge in [-0.3, -0.25) is 14.9 Å². The van der Waals surface area contributed by atoms with E-state index in [0.29, 0.717) is 11.4 Å². The number of alkyl halides is 3. The number of fused-ring (bicyclic) bond motifs is 1. The Morgan fingerprint density at radius 3 is 2.50 bits per heavy atom. The van der Waals surface area contributed by atoms with E-state index in [1.54, 1.807) is 0 Å². The maximum Gasteiger partial charge on any atom is 0.416 e. The van der Waals surface area contributed by atoms with Gasteiger partial charge in [0.15, 0.2) is 0 Å². The number of halogens is 3.